The fourth-order valence-corrected chi connectivity index (χ4v) is 3.95. The van der Waals surface area contributed by atoms with Crippen molar-refractivity contribution in [2.45, 2.75) is 33.1 Å². The quantitative estimate of drug-likeness (QED) is 0.498. The summed E-state index contributed by atoms with van der Waals surface area (Å²) in [5.74, 6) is 0.250. The van der Waals surface area contributed by atoms with Crippen LogP contribution in [0.1, 0.15) is 35.6 Å². The summed E-state index contributed by atoms with van der Waals surface area (Å²) in [5, 5.41) is 17.2. The molecule has 2 N–H and O–H groups in total. The molecule has 132 valence electrons. The van der Waals surface area contributed by atoms with Gasteiger partial charge in [-0.1, -0.05) is 18.2 Å². The summed E-state index contributed by atoms with van der Waals surface area (Å²) in [6.45, 7) is 3.96. The summed E-state index contributed by atoms with van der Waals surface area (Å²) in [6.07, 6.45) is 3.61. The SMILES string of the molecule is CC(=NNc1nc(-c2ccc(C)cc2O)cs1)c1ccc2c(c1)CCC2. The number of phenols is 1. The first-order chi connectivity index (χ1) is 12.6. The zero-order chi connectivity index (χ0) is 18.1. The molecule has 4 rings (SSSR count). The Morgan fingerprint density at radius 3 is 2.85 bits per heavy atom. The number of fused-ring (bicyclic) bond motifs is 1. The van der Waals surface area contributed by atoms with E-state index < -0.39 is 0 Å². The molecule has 0 aliphatic heterocycles. The molecule has 5 heteroatoms. The molecule has 2 aromatic carbocycles. The van der Waals surface area contributed by atoms with Crippen LogP contribution in [0.4, 0.5) is 5.13 Å². The van der Waals surface area contributed by atoms with Gasteiger partial charge in [0.25, 0.3) is 0 Å². The van der Waals surface area contributed by atoms with E-state index in [0.29, 0.717) is 5.13 Å². The molecular weight excluding hydrogens is 342 g/mol. The molecule has 1 aliphatic rings. The number of anilines is 1. The smallest absolute Gasteiger partial charge is 0.203 e. The van der Waals surface area contributed by atoms with Crippen LogP contribution in [0.3, 0.4) is 0 Å². The van der Waals surface area contributed by atoms with Gasteiger partial charge in [-0.25, -0.2) is 4.98 Å². The van der Waals surface area contributed by atoms with Crippen molar-refractivity contribution in [1.29, 1.82) is 0 Å². The highest BCUT2D eigenvalue weighted by molar-refractivity contribution is 7.14. The zero-order valence-corrected chi connectivity index (χ0v) is 15.7. The minimum Gasteiger partial charge on any atom is -0.507 e. The maximum Gasteiger partial charge on any atom is 0.203 e. The Morgan fingerprint density at radius 2 is 2.00 bits per heavy atom. The fraction of sp³-hybridized carbons (Fsp3) is 0.238. The minimum absolute atomic E-state index is 0.250. The molecule has 1 heterocycles. The number of aromatic hydroxyl groups is 1. The van der Waals surface area contributed by atoms with Gasteiger partial charge in [0, 0.05) is 10.9 Å². The van der Waals surface area contributed by atoms with Gasteiger partial charge in [-0.05, 0) is 73.6 Å². The third-order valence-electron chi connectivity index (χ3n) is 4.77. The summed E-state index contributed by atoms with van der Waals surface area (Å²) in [6, 6.07) is 12.2. The lowest BCUT2D eigenvalue weighted by Gasteiger charge is -2.05. The van der Waals surface area contributed by atoms with Gasteiger partial charge in [0.2, 0.25) is 5.13 Å². The van der Waals surface area contributed by atoms with E-state index in [1.165, 1.54) is 41.7 Å². The van der Waals surface area contributed by atoms with E-state index in [2.05, 4.69) is 33.7 Å². The number of hydrogen-bond donors (Lipinski definition) is 2. The maximum absolute atomic E-state index is 10.1. The number of hydrogen-bond acceptors (Lipinski definition) is 5. The van der Waals surface area contributed by atoms with E-state index >= 15 is 0 Å². The average molecular weight is 363 g/mol. The van der Waals surface area contributed by atoms with E-state index in [4.69, 9.17) is 0 Å². The monoisotopic (exact) mass is 363 g/mol. The summed E-state index contributed by atoms with van der Waals surface area (Å²) in [7, 11) is 0. The summed E-state index contributed by atoms with van der Waals surface area (Å²) in [5.41, 5.74) is 10.6. The first-order valence-corrected chi connectivity index (χ1v) is 9.66. The Bertz CT molecular complexity index is 991. The van der Waals surface area contributed by atoms with E-state index in [-0.39, 0.29) is 5.75 Å². The topological polar surface area (TPSA) is 57.5 Å². The number of aryl methyl sites for hydroxylation is 3. The maximum atomic E-state index is 10.1. The number of hydrazone groups is 1. The van der Waals surface area contributed by atoms with Crippen molar-refractivity contribution in [1.82, 2.24) is 4.98 Å². The van der Waals surface area contributed by atoms with Gasteiger partial charge in [0.1, 0.15) is 5.75 Å². The second-order valence-electron chi connectivity index (χ2n) is 6.70. The number of nitrogens with zero attached hydrogens (tertiary/aromatic N) is 2. The number of nitrogens with one attached hydrogen (secondary N) is 1. The third-order valence-corrected chi connectivity index (χ3v) is 5.52. The standard InChI is InChI=1S/C21H21N3OS/c1-13-6-9-18(20(25)10-13)19-12-26-21(22-19)24-23-14(2)16-8-7-15-4-3-5-17(15)11-16/h6-12,25H,3-5H2,1-2H3,(H,22,24). The number of phenolic OH excluding ortho intramolecular Hbond substituents is 1. The van der Waals surface area contributed by atoms with Crippen molar-refractivity contribution in [3.8, 4) is 17.0 Å². The number of benzene rings is 2. The van der Waals surface area contributed by atoms with Crippen LogP contribution in [0.25, 0.3) is 11.3 Å². The first kappa shape index (κ1) is 16.8. The van der Waals surface area contributed by atoms with Crippen molar-refractivity contribution in [3.05, 3.63) is 64.0 Å². The van der Waals surface area contributed by atoms with Crippen LogP contribution < -0.4 is 5.43 Å². The van der Waals surface area contributed by atoms with Gasteiger partial charge in [-0.3, -0.25) is 5.43 Å². The molecule has 26 heavy (non-hydrogen) atoms. The third kappa shape index (κ3) is 3.35. The fourth-order valence-electron chi connectivity index (χ4n) is 3.30. The molecule has 0 radical (unpaired) electrons. The molecular formula is C21H21N3OS. The predicted octanol–water partition coefficient (Wildman–Crippen LogP) is 5.15. The van der Waals surface area contributed by atoms with Gasteiger partial charge >= 0.3 is 0 Å². The van der Waals surface area contributed by atoms with Crippen LogP contribution in [0.15, 0.2) is 46.9 Å². The lowest BCUT2D eigenvalue weighted by atomic mass is 10.0. The Morgan fingerprint density at radius 1 is 1.15 bits per heavy atom. The van der Waals surface area contributed by atoms with Crippen LogP contribution in [0.5, 0.6) is 5.75 Å². The highest BCUT2D eigenvalue weighted by Crippen LogP contribution is 2.32. The van der Waals surface area contributed by atoms with Crippen molar-refractivity contribution >= 4 is 22.2 Å². The Hall–Kier alpha value is -2.66. The zero-order valence-electron chi connectivity index (χ0n) is 14.9. The highest BCUT2D eigenvalue weighted by Gasteiger charge is 2.12. The van der Waals surface area contributed by atoms with Crippen LogP contribution in [-0.2, 0) is 12.8 Å². The van der Waals surface area contributed by atoms with Gasteiger partial charge in [0.15, 0.2) is 0 Å². The van der Waals surface area contributed by atoms with Gasteiger partial charge in [-0.15, -0.1) is 11.3 Å². The summed E-state index contributed by atoms with van der Waals surface area (Å²) >= 11 is 1.47. The van der Waals surface area contributed by atoms with Crippen LogP contribution in [-0.4, -0.2) is 15.8 Å². The van der Waals surface area contributed by atoms with E-state index in [0.717, 1.165) is 28.1 Å². The average Bonchev–Trinajstić information content (AvgIpc) is 3.28. The molecule has 0 amide bonds. The molecule has 1 aromatic heterocycles. The van der Waals surface area contributed by atoms with Gasteiger partial charge in [0.05, 0.1) is 11.4 Å². The highest BCUT2D eigenvalue weighted by atomic mass is 32.1. The number of aromatic nitrogens is 1. The van der Waals surface area contributed by atoms with E-state index in [9.17, 15) is 5.11 Å². The largest absolute Gasteiger partial charge is 0.507 e. The Labute approximate surface area is 157 Å². The Kier molecular flexibility index (Phi) is 4.47. The van der Waals surface area contributed by atoms with Gasteiger partial charge in [-0.2, -0.15) is 5.10 Å². The second kappa shape index (κ2) is 6.92. The van der Waals surface area contributed by atoms with Crippen molar-refractivity contribution in [3.63, 3.8) is 0 Å². The Balaban J connectivity index is 1.51. The first-order valence-electron chi connectivity index (χ1n) is 8.78. The van der Waals surface area contributed by atoms with Crippen LogP contribution in [0, 0.1) is 6.92 Å². The van der Waals surface area contributed by atoms with Crippen molar-refractivity contribution in [2.75, 3.05) is 5.43 Å². The van der Waals surface area contributed by atoms with E-state index in [1.54, 1.807) is 6.07 Å². The molecule has 0 saturated carbocycles. The van der Waals surface area contributed by atoms with Crippen molar-refractivity contribution < 1.29 is 5.11 Å². The van der Waals surface area contributed by atoms with Crippen LogP contribution in [0.2, 0.25) is 0 Å². The van der Waals surface area contributed by atoms with E-state index in [1.807, 2.05) is 31.4 Å². The molecule has 0 atom stereocenters. The molecule has 0 fully saturated rings. The molecule has 0 saturated heterocycles. The molecule has 0 spiro atoms. The van der Waals surface area contributed by atoms with Crippen molar-refractivity contribution in [2.24, 2.45) is 5.10 Å². The van der Waals surface area contributed by atoms with Crippen LogP contribution >= 0.6 is 11.3 Å². The predicted molar refractivity (Wildman–Crippen MR) is 108 cm³/mol. The summed E-state index contributed by atoms with van der Waals surface area (Å²) in [4.78, 5) is 4.53. The molecule has 0 unspecified atom stereocenters. The lowest BCUT2D eigenvalue weighted by molar-refractivity contribution is 0.477. The molecule has 4 nitrogen and oxygen atoms in total. The minimum atomic E-state index is 0.250. The summed E-state index contributed by atoms with van der Waals surface area (Å²) < 4.78 is 0. The molecule has 1 aliphatic carbocycles. The van der Waals surface area contributed by atoms with Gasteiger partial charge < -0.3 is 5.11 Å². The second-order valence-corrected chi connectivity index (χ2v) is 7.56. The molecule has 0 bridgehead atoms. The number of thiazole rings is 1. The normalized spacial score (nSPS) is 13.7. The lowest BCUT2D eigenvalue weighted by Crippen LogP contribution is -2.00. The molecule has 3 aromatic rings. The number of rotatable bonds is 4.